The third-order valence-corrected chi connectivity index (χ3v) is 4.38. The number of aliphatic carboxylic acids is 1. The van der Waals surface area contributed by atoms with E-state index < -0.39 is 17.5 Å². The van der Waals surface area contributed by atoms with Crippen molar-refractivity contribution in [2.45, 2.75) is 45.1 Å². The van der Waals surface area contributed by atoms with Crippen molar-refractivity contribution < 1.29 is 24.2 Å². The third-order valence-electron chi connectivity index (χ3n) is 4.38. The molecule has 1 aliphatic heterocycles. The summed E-state index contributed by atoms with van der Waals surface area (Å²) < 4.78 is 10.6. The number of hydrogen-bond acceptors (Lipinski definition) is 4. The minimum absolute atomic E-state index is 0.0247. The predicted molar refractivity (Wildman–Crippen MR) is 93.9 cm³/mol. The van der Waals surface area contributed by atoms with E-state index in [0.29, 0.717) is 31.7 Å². The quantitative estimate of drug-likeness (QED) is 0.900. The number of carboxylic acid groups (broad SMARTS) is 1. The molecular formula is C19H27NO5. The van der Waals surface area contributed by atoms with Gasteiger partial charge >= 0.3 is 12.1 Å². The molecule has 1 saturated heterocycles. The van der Waals surface area contributed by atoms with Gasteiger partial charge in [0.25, 0.3) is 0 Å². The summed E-state index contributed by atoms with van der Waals surface area (Å²) in [4.78, 5) is 25.7. The van der Waals surface area contributed by atoms with Crippen molar-refractivity contribution in [2.75, 3.05) is 20.2 Å². The molecule has 0 radical (unpaired) electrons. The number of carbonyl (C=O) groups is 2. The van der Waals surface area contributed by atoms with Crippen LogP contribution in [0.25, 0.3) is 0 Å². The molecule has 1 fully saturated rings. The molecule has 1 aromatic rings. The van der Waals surface area contributed by atoms with E-state index in [1.165, 1.54) is 0 Å². The number of rotatable bonds is 4. The summed E-state index contributed by atoms with van der Waals surface area (Å²) in [6.07, 6.45) is 0.931. The van der Waals surface area contributed by atoms with Crippen molar-refractivity contribution in [3.05, 3.63) is 29.8 Å². The zero-order chi connectivity index (χ0) is 18.6. The monoisotopic (exact) mass is 349 g/mol. The van der Waals surface area contributed by atoms with Crippen molar-refractivity contribution >= 4 is 12.1 Å². The van der Waals surface area contributed by atoms with Gasteiger partial charge in [0.1, 0.15) is 11.4 Å². The highest BCUT2D eigenvalue weighted by molar-refractivity contribution is 5.77. The van der Waals surface area contributed by atoms with Crippen molar-refractivity contribution in [2.24, 2.45) is 5.92 Å². The van der Waals surface area contributed by atoms with Crippen molar-refractivity contribution in [3.8, 4) is 5.75 Å². The lowest BCUT2D eigenvalue weighted by molar-refractivity contribution is -0.140. The Kier molecular flexibility index (Phi) is 5.93. The van der Waals surface area contributed by atoms with Crippen LogP contribution >= 0.6 is 0 Å². The molecule has 6 nitrogen and oxygen atoms in total. The van der Waals surface area contributed by atoms with Gasteiger partial charge < -0.3 is 19.5 Å². The standard InChI is InChI=1S/C19H27NO5/c1-19(2,3)25-18(23)20-10-8-13(9-11-20)16(17(21)22)14-6-5-7-15(12-14)24-4/h5-7,12-13,16H,8-11H2,1-4H3,(H,21,22). The number of carbonyl (C=O) groups excluding carboxylic acids is 1. The van der Waals surface area contributed by atoms with Gasteiger partial charge in [0.05, 0.1) is 13.0 Å². The molecule has 1 aliphatic rings. The van der Waals surface area contributed by atoms with Crippen LogP contribution in [0, 0.1) is 5.92 Å². The molecule has 138 valence electrons. The molecule has 0 saturated carbocycles. The van der Waals surface area contributed by atoms with Crippen LogP contribution < -0.4 is 4.74 Å². The molecule has 0 aromatic heterocycles. The van der Waals surface area contributed by atoms with Crippen LogP contribution in [0.15, 0.2) is 24.3 Å². The van der Waals surface area contributed by atoms with Gasteiger partial charge in [0.15, 0.2) is 0 Å². The van der Waals surface area contributed by atoms with Gasteiger partial charge in [-0.25, -0.2) is 4.79 Å². The maximum absolute atomic E-state index is 12.1. The molecule has 0 aliphatic carbocycles. The Morgan fingerprint density at radius 2 is 1.88 bits per heavy atom. The zero-order valence-electron chi connectivity index (χ0n) is 15.3. The maximum Gasteiger partial charge on any atom is 0.410 e. The first-order valence-electron chi connectivity index (χ1n) is 8.56. The summed E-state index contributed by atoms with van der Waals surface area (Å²) >= 11 is 0. The Morgan fingerprint density at radius 1 is 1.24 bits per heavy atom. The average molecular weight is 349 g/mol. The number of ether oxygens (including phenoxy) is 2. The second kappa shape index (κ2) is 7.76. The summed E-state index contributed by atoms with van der Waals surface area (Å²) in [6.45, 7) is 6.52. The number of benzene rings is 1. The molecule has 1 N–H and O–H groups in total. The lowest BCUT2D eigenvalue weighted by atomic mass is 9.80. The number of likely N-dealkylation sites (tertiary alicyclic amines) is 1. The van der Waals surface area contributed by atoms with Crippen LogP contribution in [-0.4, -0.2) is 47.9 Å². The third kappa shape index (κ3) is 5.11. The lowest BCUT2D eigenvalue weighted by Gasteiger charge is -2.35. The fourth-order valence-corrected chi connectivity index (χ4v) is 3.19. The van der Waals surface area contributed by atoms with Crippen LogP contribution in [0.5, 0.6) is 5.75 Å². The SMILES string of the molecule is COc1cccc(C(C(=O)O)C2CCN(C(=O)OC(C)(C)C)CC2)c1. The first-order chi connectivity index (χ1) is 11.7. The Labute approximate surface area is 148 Å². The van der Waals surface area contributed by atoms with Crippen molar-refractivity contribution in [1.29, 1.82) is 0 Å². The van der Waals surface area contributed by atoms with E-state index in [1.807, 2.05) is 26.8 Å². The molecule has 6 heteroatoms. The van der Waals surface area contributed by atoms with Crippen molar-refractivity contribution in [1.82, 2.24) is 4.90 Å². The molecule has 1 unspecified atom stereocenters. The number of methoxy groups -OCH3 is 1. The second-order valence-corrected chi connectivity index (χ2v) is 7.40. The molecule has 1 aromatic carbocycles. The van der Waals surface area contributed by atoms with Gasteiger partial charge in [-0.05, 0) is 57.2 Å². The smallest absolute Gasteiger partial charge is 0.410 e. The minimum Gasteiger partial charge on any atom is -0.497 e. The van der Waals surface area contributed by atoms with Gasteiger partial charge in [0, 0.05) is 13.1 Å². The normalized spacial score (nSPS) is 17.0. The van der Waals surface area contributed by atoms with Gasteiger partial charge in [-0.2, -0.15) is 0 Å². The fraction of sp³-hybridized carbons (Fsp3) is 0.579. The van der Waals surface area contributed by atoms with Crippen molar-refractivity contribution in [3.63, 3.8) is 0 Å². The number of hydrogen-bond donors (Lipinski definition) is 1. The molecule has 1 amide bonds. The topological polar surface area (TPSA) is 76.1 Å². The number of nitrogens with zero attached hydrogens (tertiary/aromatic N) is 1. The highest BCUT2D eigenvalue weighted by atomic mass is 16.6. The largest absolute Gasteiger partial charge is 0.497 e. The van der Waals surface area contributed by atoms with Gasteiger partial charge in [-0.15, -0.1) is 0 Å². The molecule has 1 heterocycles. The lowest BCUT2D eigenvalue weighted by Crippen LogP contribution is -2.43. The van der Waals surface area contributed by atoms with Gasteiger partial charge in [-0.1, -0.05) is 12.1 Å². The predicted octanol–water partition coefficient (Wildman–Crippen LogP) is 3.51. The Morgan fingerprint density at radius 3 is 2.40 bits per heavy atom. The van der Waals surface area contributed by atoms with E-state index in [2.05, 4.69) is 0 Å². The van der Waals surface area contributed by atoms with E-state index in [9.17, 15) is 14.7 Å². The molecule has 2 rings (SSSR count). The molecule has 25 heavy (non-hydrogen) atoms. The van der Waals surface area contributed by atoms with E-state index in [0.717, 1.165) is 5.56 Å². The Bertz CT molecular complexity index is 614. The van der Waals surface area contributed by atoms with Crippen LogP contribution in [0.1, 0.15) is 45.1 Å². The summed E-state index contributed by atoms with van der Waals surface area (Å²) in [6, 6.07) is 7.20. The number of piperidine rings is 1. The highest BCUT2D eigenvalue weighted by Gasteiger charge is 2.35. The molecule has 0 bridgehead atoms. The average Bonchev–Trinajstić information content (AvgIpc) is 2.54. The fourth-order valence-electron chi connectivity index (χ4n) is 3.19. The molecular weight excluding hydrogens is 322 g/mol. The van der Waals surface area contributed by atoms with Gasteiger partial charge in [0.2, 0.25) is 0 Å². The molecule has 0 spiro atoms. The highest BCUT2D eigenvalue weighted by Crippen LogP contribution is 2.34. The zero-order valence-corrected chi connectivity index (χ0v) is 15.3. The summed E-state index contributed by atoms with van der Waals surface area (Å²) in [5.74, 6) is -0.821. The Balaban J connectivity index is 2.05. The summed E-state index contributed by atoms with van der Waals surface area (Å²) in [7, 11) is 1.56. The minimum atomic E-state index is -0.844. The number of amides is 1. The van der Waals surface area contributed by atoms with Crippen LogP contribution in [0.3, 0.4) is 0 Å². The number of carboxylic acids is 1. The van der Waals surface area contributed by atoms with E-state index in [4.69, 9.17) is 9.47 Å². The first-order valence-corrected chi connectivity index (χ1v) is 8.56. The van der Waals surface area contributed by atoms with E-state index >= 15 is 0 Å². The van der Waals surface area contributed by atoms with Crippen LogP contribution in [0.2, 0.25) is 0 Å². The van der Waals surface area contributed by atoms with E-state index in [-0.39, 0.29) is 12.0 Å². The first kappa shape index (κ1) is 19.1. The summed E-state index contributed by atoms with van der Waals surface area (Å²) in [5.41, 5.74) is 0.209. The van der Waals surface area contributed by atoms with Gasteiger partial charge in [-0.3, -0.25) is 4.79 Å². The summed E-state index contributed by atoms with van der Waals surface area (Å²) in [5, 5.41) is 9.72. The van der Waals surface area contributed by atoms with Crippen LogP contribution in [-0.2, 0) is 9.53 Å². The second-order valence-electron chi connectivity index (χ2n) is 7.40. The van der Waals surface area contributed by atoms with Crippen LogP contribution in [0.4, 0.5) is 4.79 Å². The van der Waals surface area contributed by atoms with E-state index in [1.54, 1.807) is 30.2 Å². The molecule has 1 atom stereocenters. The Hall–Kier alpha value is -2.24. The maximum atomic E-state index is 12.1.